The first-order chi connectivity index (χ1) is 10.0. The summed E-state index contributed by atoms with van der Waals surface area (Å²) in [5.41, 5.74) is 0.622. The van der Waals surface area contributed by atoms with Crippen molar-refractivity contribution in [1.29, 1.82) is 0 Å². The normalized spacial score (nSPS) is 10.7. The molecule has 0 bridgehead atoms. The molecule has 0 fully saturated rings. The molecule has 1 aromatic rings. The SMILES string of the molecule is COc1ccc(NCCCCCCC(C)C)c([N+](=O)[O-])c1. The van der Waals surface area contributed by atoms with Crippen LogP contribution in [0.2, 0.25) is 0 Å². The Morgan fingerprint density at radius 1 is 1.24 bits per heavy atom. The lowest BCUT2D eigenvalue weighted by molar-refractivity contribution is -0.384. The number of benzene rings is 1. The summed E-state index contributed by atoms with van der Waals surface area (Å²) >= 11 is 0. The predicted octanol–water partition coefficient (Wildman–Crippen LogP) is 4.62. The van der Waals surface area contributed by atoms with Gasteiger partial charge in [-0.2, -0.15) is 0 Å². The molecule has 0 saturated heterocycles. The van der Waals surface area contributed by atoms with E-state index in [1.54, 1.807) is 12.1 Å². The van der Waals surface area contributed by atoms with E-state index in [0.717, 1.165) is 25.3 Å². The molecular formula is C16H26N2O3. The van der Waals surface area contributed by atoms with Gasteiger partial charge in [0.15, 0.2) is 0 Å². The fourth-order valence-corrected chi connectivity index (χ4v) is 2.19. The van der Waals surface area contributed by atoms with Gasteiger partial charge in [-0.15, -0.1) is 0 Å². The van der Waals surface area contributed by atoms with E-state index in [-0.39, 0.29) is 10.6 Å². The van der Waals surface area contributed by atoms with Crippen LogP contribution in [-0.2, 0) is 0 Å². The summed E-state index contributed by atoms with van der Waals surface area (Å²) in [5.74, 6) is 1.27. The van der Waals surface area contributed by atoms with Crippen LogP contribution in [0, 0.1) is 16.0 Å². The van der Waals surface area contributed by atoms with E-state index < -0.39 is 0 Å². The average Bonchev–Trinajstić information content (AvgIpc) is 2.45. The maximum absolute atomic E-state index is 11.0. The number of hydrogen-bond acceptors (Lipinski definition) is 4. The summed E-state index contributed by atoms with van der Waals surface area (Å²) in [6.45, 7) is 5.24. The van der Waals surface area contributed by atoms with Gasteiger partial charge in [0.2, 0.25) is 0 Å². The third-order valence-electron chi connectivity index (χ3n) is 3.43. The Hall–Kier alpha value is -1.78. The quantitative estimate of drug-likeness (QED) is 0.388. The standard InChI is InChI=1S/C16H26N2O3/c1-13(2)8-6-4-5-7-11-17-15-10-9-14(21-3)12-16(15)18(19)20/h9-10,12-13,17H,4-8,11H2,1-3H3. The van der Waals surface area contributed by atoms with Crippen molar-refractivity contribution < 1.29 is 9.66 Å². The minimum Gasteiger partial charge on any atom is -0.496 e. The number of methoxy groups -OCH3 is 1. The maximum atomic E-state index is 11.0. The van der Waals surface area contributed by atoms with Crippen LogP contribution >= 0.6 is 0 Å². The molecule has 0 spiro atoms. The smallest absolute Gasteiger partial charge is 0.296 e. The molecule has 5 nitrogen and oxygen atoms in total. The maximum Gasteiger partial charge on any atom is 0.296 e. The van der Waals surface area contributed by atoms with Gasteiger partial charge in [0.25, 0.3) is 5.69 Å². The zero-order chi connectivity index (χ0) is 15.7. The Kier molecular flexibility index (Phi) is 7.58. The predicted molar refractivity (Wildman–Crippen MR) is 86.1 cm³/mol. The number of nitrogens with zero attached hydrogens (tertiary/aromatic N) is 1. The molecule has 0 radical (unpaired) electrons. The number of rotatable bonds is 10. The van der Waals surface area contributed by atoms with Gasteiger partial charge in [0.1, 0.15) is 11.4 Å². The van der Waals surface area contributed by atoms with Crippen molar-refractivity contribution >= 4 is 11.4 Å². The third-order valence-corrected chi connectivity index (χ3v) is 3.43. The molecular weight excluding hydrogens is 268 g/mol. The second-order valence-corrected chi connectivity index (χ2v) is 5.66. The summed E-state index contributed by atoms with van der Waals surface area (Å²) in [6, 6.07) is 4.89. The molecule has 0 aliphatic heterocycles. The first kappa shape index (κ1) is 17.3. The highest BCUT2D eigenvalue weighted by molar-refractivity contribution is 5.63. The van der Waals surface area contributed by atoms with Crippen LogP contribution in [0.25, 0.3) is 0 Å². The van der Waals surface area contributed by atoms with Gasteiger partial charge in [0.05, 0.1) is 18.1 Å². The average molecular weight is 294 g/mol. The summed E-state index contributed by atoms with van der Waals surface area (Å²) in [6.07, 6.45) is 5.95. The molecule has 1 N–H and O–H groups in total. The second kappa shape index (κ2) is 9.21. The first-order valence-electron chi connectivity index (χ1n) is 7.61. The Morgan fingerprint density at radius 2 is 1.95 bits per heavy atom. The van der Waals surface area contributed by atoms with Crippen LogP contribution in [0.15, 0.2) is 18.2 Å². The second-order valence-electron chi connectivity index (χ2n) is 5.66. The topological polar surface area (TPSA) is 64.4 Å². The number of nitro groups is 1. The summed E-state index contributed by atoms with van der Waals surface area (Å²) in [7, 11) is 1.50. The minimum absolute atomic E-state index is 0.0640. The van der Waals surface area contributed by atoms with Crippen LogP contribution in [0.5, 0.6) is 5.75 Å². The fraction of sp³-hybridized carbons (Fsp3) is 0.625. The van der Waals surface area contributed by atoms with Crippen molar-refractivity contribution in [2.24, 2.45) is 5.92 Å². The monoisotopic (exact) mass is 294 g/mol. The molecule has 1 rings (SSSR count). The highest BCUT2D eigenvalue weighted by atomic mass is 16.6. The molecule has 0 aliphatic rings. The van der Waals surface area contributed by atoms with Crippen LogP contribution < -0.4 is 10.1 Å². The number of unbranched alkanes of at least 4 members (excludes halogenated alkanes) is 3. The Morgan fingerprint density at radius 3 is 2.57 bits per heavy atom. The van der Waals surface area contributed by atoms with Crippen molar-refractivity contribution in [2.45, 2.75) is 46.0 Å². The largest absolute Gasteiger partial charge is 0.496 e. The van der Waals surface area contributed by atoms with Crippen LogP contribution in [-0.4, -0.2) is 18.6 Å². The van der Waals surface area contributed by atoms with E-state index in [4.69, 9.17) is 4.74 Å². The summed E-state index contributed by atoms with van der Waals surface area (Å²) in [4.78, 5) is 10.7. The number of nitro benzene ring substituents is 1. The van der Waals surface area contributed by atoms with Gasteiger partial charge in [-0.1, -0.05) is 39.5 Å². The Labute approximate surface area is 126 Å². The highest BCUT2D eigenvalue weighted by Crippen LogP contribution is 2.28. The zero-order valence-corrected chi connectivity index (χ0v) is 13.2. The third kappa shape index (κ3) is 6.47. The summed E-state index contributed by atoms with van der Waals surface area (Å²) in [5, 5.41) is 14.2. The first-order valence-corrected chi connectivity index (χ1v) is 7.61. The van der Waals surface area contributed by atoms with E-state index >= 15 is 0 Å². The van der Waals surface area contributed by atoms with E-state index in [2.05, 4.69) is 19.2 Å². The van der Waals surface area contributed by atoms with Gasteiger partial charge in [0, 0.05) is 6.54 Å². The molecule has 0 atom stereocenters. The lowest BCUT2D eigenvalue weighted by Gasteiger charge is -2.09. The lowest BCUT2D eigenvalue weighted by Crippen LogP contribution is -2.04. The fourth-order valence-electron chi connectivity index (χ4n) is 2.19. The zero-order valence-electron chi connectivity index (χ0n) is 13.2. The molecule has 1 aromatic carbocycles. The molecule has 0 amide bonds. The highest BCUT2D eigenvalue weighted by Gasteiger charge is 2.14. The van der Waals surface area contributed by atoms with Crippen molar-refractivity contribution in [1.82, 2.24) is 0 Å². The van der Waals surface area contributed by atoms with Crippen molar-refractivity contribution in [2.75, 3.05) is 19.0 Å². The number of nitrogens with one attached hydrogen (secondary N) is 1. The number of hydrogen-bond donors (Lipinski definition) is 1. The molecule has 0 saturated carbocycles. The van der Waals surface area contributed by atoms with Crippen LogP contribution in [0.1, 0.15) is 46.0 Å². The van der Waals surface area contributed by atoms with E-state index in [0.29, 0.717) is 11.4 Å². The lowest BCUT2D eigenvalue weighted by atomic mass is 10.0. The molecule has 5 heteroatoms. The Balaban J connectivity index is 2.36. The van der Waals surface area contributed by atoms with Gasteiger partial charge in [-0.05, 0) is 24.5 Å². The van der Waals surface area contributed by atoms with E-state index in [1.807, 2.05) is 0 Å². The number of anilines is 1. The van der Waals surface area contributed by atoms with Crippen LogP contribution in [0.3, 0.4) is 0 Å². The van der Waals surface area contributed by atoms with Gasteiger partial charge in [-0.3, -0.25) is 10.1 Å². The van der Waals surface area contributed by atoms with E-state index in [9.17, 15) is 10.1 Å². The molecule has 21 heavy (non-hydrogen) atoms. The summed E-state index contributed by atoms with van der Waals surface area (Å²) < 4.78 is 5.02. The molecule has 0 aromatic heterocycles. The molecule has 0 heterocycles. The van der Waals surface area contributed by atoms with Gasteiger partial charge >= 0.3 is 0 Å². The molecule has 0 unspecified atom stereocenters. The van der Waals surface area contributed by atoms with Gasteiger partial charge in [-0.25, -0.2) is 0 Å². The Bertz CT molecular complexity index is 447. The van der Waals surface area contributed by atoms with Crippen LogP contribution in [0.4, 0.5) is 11.4 Å². The molecule has 0 aliphatic carbocycles. The minimum atomic E-state index is -0.381. The number of ether oxygens (including phenoxy) is 1. The van der Waals surface area contributed by atoms with Gasteiger partial charge < -0.3 is 10.1 Å². The van der Waals surface area contributed by atoms with Crippen molar-refractivity contribution in [3.63, 3.8) is 0 Å². The van der Waals surface area contributed by atoms with E-state index in [1.165, 1.54) is 32.4 Å². The molecule has 118 valence electrons. The van der Waals surface area contributed by atoms with Crippen molar-refractivity contribution in [3.8, 4) is 5.75 Å². The van der Waals surface area contributed by atoms with Crippen molar-refractivity contribution in [3.05, 3.63) is 28.3 Å².